The lowest BCUT2D eigenvalue weighted by molar-refractivity contribution is 0.115. The van der Waals surface area contributed by atoms with Gasteiger partial charge < -0.3 is 10.1 Å². The van der Waals surface area contributed by atoms with Gasteiger partial charge in [-0.1, -0.05) is 39.0 Å². The Hall–Kier alpha value is -2.58. The zero-order chi connectivity index (χ0) is 23.5. The van der Waals surface area contributed by atoms with Crippen LogP contribution in [0.25, 0.3) is 10.9 Å². The van der Waals surface area contributed by atoms with Crippen LogP contribution >= 0.6 is 0 Å². The van der Waals surface area contributed by atoms with E-state index in [1.807, 2.05) is 35.9 Å². The van der Waals surface area contributed by atoms with Gasteiger partial charge in [-0.3, -0.25) is 9.69 Å². The number of H-pyrrole nitrogens is 1. The Kier molecular flexibility index (Phi) is 7.46. The summed E-state index contributed by atoms with van der Waals surface area (Å²) in [6.07, 6.45) is 1.49. The molecule has 0 aliphatic rings. The standard InChI is InChI=1S/C24H36N6O2/c1-7-24(5,6)30-22(26-27-28-30)21(16(2)3)29(12-9-13-31)15-19-14-18-11-8-10-17(4)20(18)25-23(19)32/h8,10-11,14,16,21,31H,7,9,12-13,15H2,1-6H3,(H,25,32)/t21-/m1/s1. The highest BCUT2D eigenvalue weighted by Crippen LogP contribution is 2.32. The Labute approximate surface area is 189 Å². The molecule has 2 heterocycles. The van der Waals surface area contributed by atoms with Crippen LogP contribution in [0.4, 0.5) is 0 Å². The van der Waals surface area contributed by atoms with E-state index in [0.717, 1.165) is 28.7 Å². The third-order valence-electron chi connectivity index (χ3n) is 6.36. The number of aliphatic hydroxyl groups is 1. The van der Waals surface area contributed by atoms with E-state index in [1.54, 1.807) is 0 Å². The highest BCUT2D eigenvalue weighted by molar-refractivity contribution is 5.81. The van der Waals surface area contributed by atoms with E-state index >= 15 is 0 Å². The molecular weight excluding hydrogens is 404 g/mol. The molecule has 0 amide bonds. The number of hydrogen-bond donors (Lipinski definition) is 2. The average Bonchev–Trinajstić information content (AvgIpc) is 3.23. The molecule has 1 aromatic carbocycles. The van der Waals surface area contributed by atoms with Crippen molar-refractivity contribution in [3.8, 4) is 0 Å². The van der Waals surface area contributed by atoms with E-state index in [-0.39, 0.29) is 29.7 Å². The van der Waals surface area contributed by atoms with Crippen LogP contribution in [0, 0.1) is 12.8 Å². The Bertz CT molecular complexity index is 1100. The number of rotatable bonds is 10. The number of aryl methyl sites for hydroxylation is 1. The number of tetrazole rings is 1. The molecule has 0 spiro atoms. The molecule has 0 radical (unpaired) electrons. The zero-order valence-electron chi connectivity index (χ0n) is 20.1. The summed E-state index contributed by atoms with van der Waals surface area (Å²) < 4.78 is 1.91. The number of hydrogen-bond acceptors (Lipinski definition) is 6. The number of aliphatic hydroxyl groups excluding tert-OH is 1. The van der Waals surface area contributed by atoms with Crippen LogP contribution in [-0.2, 0) is 12.1 Å². The molecule has 0 saturated carbocycles. The van der Waals surface area contributed by atoms with Crippen LogP contribution in [0.2, 0.25) is 0 Å². The second-order valence-corrected chi connectivity index (χ2v) is 9.51. The molecule has 0 fully saturated rings. The monoisotopic (exact) mass is 440 g/mol. The number of pyridine rings is 1. The van der Waals surface area contributed by atoms with Crippen LogP contribution in [0.3, 0.4) is 0 Å². The molecule has 0 unspecified atom stereocenters. The van der Waals surface area contributed by atoms with Crippen molar-refractivity contribution < 1.29 is 5.11 Å². The van der Waals surface area contributed by atoms with E-state index in [0.29, 0.717) is 25.1 Å². The first-order chi connectivity index (χ1) is 15.2. The third kappa shape index (κ3) is 4.91. The van der Waals surface area contributed by atoms with Crippen molar-refractivity contribution >= 4 is 10.9 Å². The van der Waals surface area contributed by atoms with Gasteiger partial charge in [-0.25, -0.2) is 4.68 Å². The van der Waals surface area contributed by atoms with E-state index in [9.17, 15) is 9.90 Å². The largest absolute Gasteiger partial charge is 0.396 e. The minimum Gasteiger partial charge on any atom is -0.396 e. The van der Waals surface area contributed by atoms with Gasteiger partial charge in [0.05, 0.1) is 17.1 Å². The number of fused-ring (bicyclic) bond motifs is 1. The van der Waals surface area contributed by atoms with Gasteiger partial charge >= 0.3 is 0 Å². The van der Waals surface area contributed by atoms with Gasteiger partial charge in [0.1, 0.15) is 0 Å². The SMILES string of the molecule is CCC(C)(C)n1nnnc1[C@@H](C(C)C)N(CCCO)Cc1cc2cccc(C)c2[nH]c1=O. The first kappa shape index (κ1) is 24.1. The average molecular weight is 441 g/mol. The van der Waals surface area contributed by atoms with Crippen LogP contribution in [0.15, 0.2) is 29.1 Å². The van der Waals surface area contributed by atoms with Crippen molar-refractivity contribution in [2.24, 2.45) is 5.92 Å². The fourth-order valence-corrected chi connectivity index (χ4v) is 4.20. The highest BCUT2D eigenvalue weighted by Gasteiger charge is 2.33. The number of benzene rings is 1. The van der Waals surface area contributed by atoms with Gasteiger partial charge in [0, 0.05) is 25.3 Å². The summed E-state index contributed by atoms with van der Waals surface area (Å²) in [5, 5.41) is 23.3. The number of nitrogens with zero attached hydrogens (tertiary/aromatic N) is 5. The first-order valence-electron chi connectivity index (χ1n) is 11.4. The number of para-hydroxylation sites is 1. The topological polar surface area (TPSA) is 99.9 Å². The van der Waals surface area contributed by atoms with E-state index in [2.05, 4.69) is 60.0 Å². The Morgan fingerprint density at radius 3 is 2.69 bits per heavy atom. The van der Waals surface area contributed by atoms with Crippen molar-refractivity contribution in [1.29, 1.82) is 0 Å². The summed E-state index contributed by atoms with van der Waals surface area (Å²) in [7, 11) is 0. The maximum Gasteiger partial charge on any atom is 0.252 e. The highest BCUT2D eigenvalue weighted by atomic mass is 16.3. The van der Waals surface area contributed by atoms with E-state index in [4.69, 9.17) is 0 Å². The lowest BCUT2D eigenvalue weighted by Crippen LogP contribution is -2.39. The van der Waals surface area contributed by atoms with Crippen molar-refractivity contribution in [2.75, 3.05) is 13.2 Å². The summed E-state index contributed by atoms with van der Waals surface area (Å²) in [6.45, 7) is 13.8. The molecule has 8 nitrogen and oxygen atoms in total. The molecule has 0 aliphatic heterocycles. The lowest BCUT2D eigenvalue weighted by Gasteiger charge is -2.35. The maximum atomic E-state index is 13.0. The minimum atomic E-state index is -0.230. The van der Waals surface area contributed by atoms with Crippen LogP contribution in [0.1, 0.15) is 70.5 Å². The number of aromatic amines is 1. The Balaban J connectivity index is 2.05. The summed E-state index contributed by atoms with van der Waals surface area (Å²) in [4.78, 5) is 18.3. The van der Waals surface area contributed by atoms with Gasteiger partial charge in [0.2, 0.25) is 0 Å². The quantitative estimate of drug-likeness (QED) is 0.500. The smallest absolute Gasteiger partial charge is 0.252 e. The summed E-state index contributed by atoms with van der Waals surface area (Å²) in [6, 6.07) is 7.89. The van der Waals surface area contributed by atoms with Gasteiger partial charge in [0.15, 0.2) is 5.82 Å². The molecule has 0 aliphatic carbocycles. The van der Waals surface area contributed by atoms with Gasteiger partial charge in [0.25, 0.3) is 5.56 Å². The van der Waals surface area contributed by atoms with Crippen LogP contribution in [-0.4, -0.2) is 48.3 Å². The van der Waals surface area contributed by atoms with Crippen molar-refractivity contribution in [3.05, 3.63) is 51.6 Å². The number of aromatic nitrogens is 5. The molecule has 0 bridgehead atoms. The molecule has 8 heteroatoms. The van der Waals surface area contributed by atoms with E-state index < -0.39 is 0 Å². The van der Waals surface area contributed by atoms with Gasteiger partial charge in [-0.05, 0) is 67.0 Å². The molecule has 2 aromatic heterocycles. The summed E-state index contributed by atoms with van der Waals surface area (Å²) in [5.74, 6) is 0.991. The predicted molar refractivity (Wildman–Crippen MR) is 126 cm³/mol. The second-order valence-electron chi connectivity index (χ2n) is 9.51. The van der Waals surface area contributed by atoms with E-state index in [1.165, 1.54) is 0 Å². The van der Waals surface area contributed by atoms with Crippen molar-refractivity contribution in [1.82, 2.24) is 30.1 Å². The second kappa shape index (κ2) is 9.92. The molecule has 1 atom stereocenters. The molecule has 32 heavy (non-hydrogen) atoms. The predicted octanol–water partition coefficient (Wildman–Crippen LogP) is 3.55. The molecule has 3 aromatic rings. The Morgan fingerprint density at radius 1 is 1.28 bits per heavy atom. The van der Waals surface area contributed by atoms with Gasteiger partial charge in [-0.15, -0.1) is 5.10 Å². The molecule has 0 saturated heterocycles. The molecule has 2 N–H and O–H groups in total. The number of nitrogens with one attached hydrogen (secondary N) is 1. The third-order valence-corrected chi connectivity index (χ3v) is 6.36. The zero-order valence-corrected chi connectivity index (χ0v) is 20.1. The lowest BCUT2D eigenvalue weighted by atomic mass is 9.97. The van der Waals surface area contributed by atoms with Crippen molar-refractivity contribution in [2.45, 2.75) is 72.5 Å². The fourth-order valence-electron chi connectivity index (χ4n) is 4.20. The molecular formula is C24H36N6O2. The molecule has 3 rings (SSSR count). The Morgan fingerprint density at radius 2 is 2.03 bits per heavy atom. The summed E-state index contributed by atoms with van der Waals surface area (Å²) in [5.41, 5.74) is 2.30. The van der Waals surface area contributed by atoms with Crippen molar-refractivity contribution in [3.63, 3.8) is 0 Å². The fraction of sp³-hybridized carbons (Fsp3) is 0.583. The summed E-state index contributed by atoms with van der Waals surface area (Å²) >= 11 is 0. The van der Waals surface area contributed by atoms with Crippen LogP contribution in [0.5, 0.6) is 0 Å². The first-order valence-corrected chi connectivity index (χ1v) is 11.4. The van der Waals surface area contributed by atoms with Crippen LogP contribution < -0.4 is 5.56 Å². The maximum absolute atomic E-state index is 13.0. The minimum absolute atomic E-state index is 0.0833. The van der Waals surface area contributed by atoms with Gasteiger partial charge in [-0.2, -0.15) is 0 Å². The normalized spacial score (nSPS) is 13.4. The molecule has 174 valence electrons.